The van der Waals surface area contributed by atoms with Crippen molar-refractivity contribution in [3.8, 4) is 0 Å². The first-order chi connectivity index (χ1) is 19.1. The minimum atomic E-state index is -4.68. The van der Waals surface area contributed by atoms with Crippen LogP contribution in [-0.2, 0) is 33.5 Å². The molecule has 2 saturated heterocycles. The van der Waals surface area contributed by atoms with Crippen LogP contribution in [0.1, 0.15) is 54.2 Å². The van der Waals surface area contributed by atoms with Crippen LogP contribution in [0, 0.1) is 11.3 Å². The average Bonchev–Trinajstić information content (AvgIpc) is 3.44. The van der Waals surface area contributed by atoms with Crippen molar-refractivity contribution >= 4 is 11.9 Å². The molecule has 1 spiro atoms. The molecule has 2 aromatic rings. The molecule has 8 nitrogen and oxygen atoms in total. The van der Waals surface area contributed by atoms with Gasteiger partial charge in [-0.25, -0.2) is 4.79 Å². The second-order valence-corrected chi connectivity index (χ2v) is 11.6. The highest BCUT2D eigenvalue weighted by molar-refractivity contribution is 5.92. The Morgan fingerprint density at radius 1 is 1.15 bits per heavy atom. The molecule has 3 aliphatic heterocycles. The molecule has 6 atom stereocenters. The van der Waals surface area contributed by atoms with Crippen molar-refractivity contribution in [1.82, 2.24) is 14.8 Å². The maximum absolute atomic E-state index is 14.1. The fourth-order valence-electron chi connectivity index (χ4n) is 7.04. The predicted octanol–water partition coefficient (Wildman–Crippen LogP) is 3.37. The summed E-state index contributed by atoms with van der Waals surface area (Å²) in [4.78, 5) is 41.7. The van der Waals surface area contributed by atoms with Gasteiger partial charge in [-0.1, -0.05) is 25.1 Å². The van der Waals surface area contributed by atoms with Crippen LogP contribution in [0.3, 0.4) is 0 Å². The molecule has 4 aliphatic rings. The lowest BCUT2D eigenvalue weighted by Crippen LogP contribution is -2.49. The quantitative estimate of drug-likeness (QED) is 0.578. The number of halogens is 3. The lowest BCUT2D eigenvalue weighted by molar-refractivity contribution is -0.139. The van der Waals surface area contributed by atoms with Crippen LogP contribution in [0.15, 0.2) is 47.3 Å². The molecule has 1 N–H and O–H groups in total. The molecule has 3 unspecified atom stereocenters. The Bertz CT molecular complexity index is 1360. The SMILES string of the molecule is C[C@@H]1COCCC1N[C@@H]1CC[C@@]2(C1)C(=O)N1Cc3cc(C(F)(F)F)cc(=O)n3CC1C2OC(=O)c1ccccc1. The zero-order valence-electron chi connectivity index (χ0n) is 22.2. The maximum atomic E-state index is 14.1. The molecule has 1 aromatic carbocycles. The summed E-state index contributed by atoms with van der Waals surface area (Å²) in [5.74, 6) is -0.490. The molecular formula is C29H32F3N3O5. The summed E-state index contributed by atoms with van der Waals surface area (Å²) in [5, 5.41) is 3.71. The Balaban J connectivity index is 1.33. The number of nitrogens with one attached hydrogen (secondary N) is 1. The summed E-state index contributed by atoms with van der Waals surface area (Å²) in [7, 11) is 0. The van der Waals surface area contributed by atoms with Gasteiger partial charge in [0.25, 0.3) is 5.56 Å². The first-order valence-electron chi connectivity index (χ1n) is 13.8. The topological polar surface area (TPSA) is 89.9 Å². The van der Waals surface area contributed by atoms with Gasteiger partial charge in [0.2, 0.25) is 5.91 Å². The van der Waals surface area contributed by atoms with E-state index >= 15 is 0 Å². The molecule has 0 radical (unpaired) electrons. The van der Waals surface area contributed by atoms with E-state index < -0.39 is 40.8 Å². The van der Waals surface area contributed by atoms with Crippen LogP contribution in [0.25, 0.3) is 0 Å². The van der Waals surface area contributed by atoms with E-state index in [4.69, 9.17) is 9.47 Å². The maximum Gasteiger partial charge on any atom is 0.416 e. The van der Waals surface area contributed by atoms with Crippen molar-refractivity contribution in [2.75, 3.05) is 13.2 Å². The van der Waals surface area contributed by atoms with E-state index in [2.05, 4.69) is 12.2 Å². The molecule has 6 rings (SSSR count). The summed E-state index contributed by atoms with van der Waals surface area (Å²) < 4.78 is 53.3. The van der Waals surface area contributed by atoms with E-state index in [9.17, 15) is 27.6 Å². The third kappa shape index (κ3) is 4.62. The molecule has 1 aromatic heterocycles. The highest BCUT2D eigenvalue weighted by atomic mass is 19.4. The van der Waals surface area contributed by atoms with Crippen molar-refractivity contribution in [2.45, 2.75) is 76.1 Å². The van der Waals surface area contributed by atoms with E-state index in [1.165, 1.54) is 9.47 Å². The summed E-state index contributed by atoms with van der Waals surface area (Å²) >= 11 is 0. The third-order valence-electron chi connectivity index (χ3n) is 9.11. The Labute approximate surface area is 229 Å². The molecule has 0 bridgehead atoms. The lowest BCUT2D eigenvalue weighted by atomic mass is 9.79. The van der Waals surface area contributed by atoms with Gasteiger partial charge in [0, 0.05) is 30.5 Å². The molecule has 1 saturated carbocycles. The molecule has 1 amide bonds. The number of carbonyl (C=O) groups is 2. The van der Waals surface area contributed by atoms with E-state index in [-0.39, 0.29) is 36.8 Å². The Morgan fingerprint density at radius 2 is 1.93 bits per heavy atom. The smallest absolute Gasteiger partial charge is 0.416 e. The van der Waals surface area contributed by atoms with Crippen LogP contribution < -0.4 is 10.9 Å². The normalized spacial score (nSPS) is 31.8. The number of hydrogen-bond donors (Lipinski definition) is 1. The van der Waals surface area contributed by atoms with Gasteiger partial charge in [0.1, 0.15) is 6.10 Å². The van der Waals surface area contributed by atoms with Crippen molar-refractivity contribution in [3.63, 3.8) is 0 Å². The number of alkyl halides is 3. The van der Waals surface area contributed by atoms with Crippen LogP contribution in [0.4, 0.5) is 13.2 Å². The van der Waals surface area contributed by atoms with Gasteiger partial charge in [-0.15, -0.1) is 0 Å². The first-order valence-corrected chi connectivity index (χ1v) is 13.8. The van der Waals surface area contributed by atoms with E-state index in [1.54, 1.807) is 30.3 Å². The largest absolute Gasteiger partial charge is 0.455 e. The molecule has 1 aliphatic carbocycles. The van der Waals surface area contributed by atoms with Crippen LogP contribution >= 0.6 is 0 Å². The first kappa shape index (κ1) is 27.0. The second kappa shape index (κ2) is 10.0. The van der Waals surface area contributed by atoms with Gasteiger partial charge >= 0.3 is 12.1 Å². The second-order valence-electron chi connectivity index (χ2n) is 11.6. The summed E-state index contributed by atoms with van der Waals surface area (Å²) in [6.45, 7) is 3.26. The molecule has 11 heteroatoms. The average molecular weight is 560 g/mol. The summed E-state index contributed by atoms with van der Waals surface area (Å²) in [5.41, 5.74) is -2.38. The number of nitrogens with zero attached hydrogens (tertiary/aromatic N) is 2. The Morgan fingerprint density at radius 3 is 2.65 bits per heavy atom. The van der Waals surface area contributed by atoms with Gasteiger partial charge < -0.3 is 24.3 Å². The highest BCUT2D eigenvalue weighted by Gasteiger charge is 2.64. The molecular weight excluding hydrogens is 527 g/mol. The van der Waals surface area contributed by atoms with Gasteiger partial charge in [0.15, 0.2) is 0 Å². The number of pyridine rings is 1. The van der Waals surface area contributed by atoms with Crippen LogP contribution in [0.2, 0.25) is 0 Å². The molecule has 214 valence electrons. The van der Waals surface area contributed by atoms with Crippen molar-refractivity contribution in [1.29, 1.82) is 0 Å². The third-order valence-corrected chi connectivity index (χ3v) is 9.11. The fourth-order valence-corrected chi connectivity index (χ4v) is 7.04. The molecule has 4 heterocycles. The number of ether oxygens (including phenoxy) is 2. The molecule has 3 fully saturated rings. The minimum absolute atomic E-state index is 0.00992. The fraction of sp³-hybridized carbons (Fsp3) is 0.552. The minimum Gasteiger partial charge on any atom is -0.455 e. The van der Waals surface area contributed by atoms with Crippen molar-refractivity contribution in [2.24, 2.45) is 11.3 Å². The lowest BCUT2D eigenvalue weighted by Gasteiger charge is -2.35. The van der Waals surface area contributed by atoms with E-state index in [1.807, 2.05) is 0 Å². The number of esters is 1. The Hall–Kier alpha value is -3.18. The zero-order chi connectivity index (χ0) is 28.2. The Kier molecular flexibility index (Phi) is 6.77. The monoisotopic (exact) mass is 559 g/mol. The van der Waals surface area contributed by atoms with Gasteiger partial charge in [-0.3, -0.25) is 9.59 Å². The predicted molar refractivity (Wildman–Crippen MR) is 137 cm³/mol. The van der Waals surface area contributed by atoms with Gasteiger partial charge in [0.05, 0.1) is 42.3 Å². The highest BCUT2D eigenvalue weighted by Crippen LogP contribution is 2.52. The van der Waals surface area contributed by atoms with Gasteiger partial charge in [-0.2, -0.15) is 13.2 Å². The van der Waals surface area contributed by atoms with E-state index in [0.717, 1.165) is 12.5 Å². The number of rotatable bonds is 4. The standard InChI is InChI=1S/C29H32F3N3O5/c1-17-16-39-10-8-22(17)33-20-7-9-28(13-20)25(40-26(37)18-5-3-2-4-6-18)23-15-34-21(14-35(23)27(28)38)11-19(12-24(34)36)29(30,31)32/h2-6,11-12,17,20,22-23,25,33H,7-10,13-16H2,1H3/t17-,20-,22?,23?,25?,28+/m1/s1. The van der Waals surface area contributed by atoms with Crippen molar-refractivity contribution < 1.29 is 32.2 Å². The number of aromatic nitrogens is 1. The summed E-state index contributed by atoms with van der Waals surface area (Å²) in [6, 6.07) is 9.59. The van der Waals surface area contributed by atoms with Crippen molar-refractivity contribution in [3.05, 3.63) is 69.6 Å². The van der Waals surface area contributed by atoms with Gasteiger partial charge in [-0.05, 0) is 49.8 Å². The number of hydrogen-bond acceptors (Lipinski definition) is 6. The summed E-state index contributed by atoms with van der Waals surface area (Å²) in [6.07, 6.45) is -3.06. The number of carbonyl (C=O) groups excluding carboxylic acids is 2. The van der Waals surface area contributed by atoms with E-state index in [0.29, 0.717) is 50.0 Å². The molecule has 40 heavy (non-hydrogen) atoms. The van der Waals surface area contributed by atoms with Crippen LogP contribution in [0.5, 0.6) is 0 Å². The number of benzene rings is 1. The van der Waals surface area contributed by atoms with Crippen LogP contribution in [-0.4, -0.2) is 58.8 Å². The number of fused-ring (bicyclic) bond motifs is 2. The zero-order valence-corrected chi connectivity index (χ0v) is 22.2. The number of amides is 1.